The molecular formula is C26H33Cl2N3O4S. The molecule has 1 aliphatic carbocycles. The van der Waals surface area contributed by atoms with E-state index >= 15 is 0 Å². The smallest absolute Gasteiger partial charge is 0.244 e. The summed E-state index contributed by atoms with van der Waals surface area (Å²) in [5.41, 5.74) is 1.72. The molecule has 0 unspecified atom stereocenters. The number of carbonyl (C=O) groups excluding carboxylic acids is 2. The molecule has 1 N–H and O–H groups in total. The fraction of sp³-hybridized carbons (Fsp3) is 0.462. The van der Waals surface area contributed by atoms with E-state index in [0.717, 1.165) is 48.2 Å². The molecule has 2 amide bonds. The molecule has 1 saturated carbocycles. The Balaban J connectivity index is 1.89. The first-order valence-electron chi connectivity index (χ1n) is 12.0. The summed E-state index contributed by atoms with van der Waals surface area (Å²) in [5.74, 6) is -0.796. The highest BCUT2D eigenvalue weighted by molar-refractivity contribution is 7.92. The van der Waals surface area contributed by atoms with Crippen molar-refractivity contribution in [2.45, 2.75) is 64.6 Å². The van der Waals surface area contributed by atoms with Crippen LogP contribution in [-0.4, -0.2) is 50.0 Å². The van der Waals surface area contributed by atoms with Crippen molar-refractivity contribution < 1.29 is 18.0 Å². The Hall–Kier alpha value is -2.29. The lowest BCUT2D eigenvalue weighted by Crippen LogP contribution is -2.53. The number of hydrogen-bond acceptors (Lipinski definition) is 4. The fourth-order valence-electron chi connectivity index (χ4n) is 4.31. The lowest BCUT2D eigenvalue weighted by atomic mass is 9.95. The van der Waals surface area contributed by atoms with Gasteiger partial charge < -0.3 is 10.2 Å². The van der Waals surface area contributed by atoms with Crippen LogP contribution in [0.25, 0.3) is 0 Å². The monoisotopic (exact) mass is 553 g/mol. The van der Waals surface area contributed by atoms with Gasteiger partial charge in [0.25, 0.3) is 0 Å². The van der Waals surface area contributed by atoms with Gasteiger partial charge in [0.05, 0.1) is 11.9 Å². The Morgan fingerprint density at radius 1 is 1.06 bits per heavy atom. The van der Waals surface area contributed by atoms with Crippen LogP contribution in [0.3, 0.4) is 0 Å². The van der Waals surface area contributed by atoms with Gasteiger partial charge in [0, 0.05) is 22.6 Å². The molecular weight excluding hydrogens is 521 g/mol. The lowest BCUT2D eigenvalue weighted by Gasteiger charge is -2.33. The predicted octanol–water partition coefficient (Wildman–Crippen LogP) is 4.93. The third-order valence-electron chi connectivity index (χ3n) is 6.54. The number of rotatable bonds is 9. The van der Waals surface area contributed by atoms with Crippen LogP contribution in [0, 0.1) is 6.92 Å². The van der Waals surface area contributed by atoms with Crippen LogP contribution in [0.4, 0.5) is 5.69 Å². The van der Waals surface area contributed by atoms with Crippen molar-refractivity contribution >= 4 is 50.7 Å². The summed E-state index contributed by atoms with van der Waals surface area (Å²) in [7, 11) is -3.83. The van der Waals surface area contributed by atoms with Crippen molar-refractivity contribution in [1.29, 1.82) is 0 Å². The van der Waals surface area contributed by atoms with Crippen molar-refractivity contribution in [3.05, 3.63) is 63.6 Å². The van der Waals surface area contributed by atoms with Gasteiger partial charge in [-0.3, -0.25) is 13.9 Å². The number of anilines is 1. The van der Waals surface area contributed by atoms with Crippen LogP contribution in [0.1, 0.15) is 50.2 Å². The first-order chi connectivity index (χ1) is 17.0. The molecule has 0 aliphatic heterocycles. The summed E-state index contributed by atoms with van der Waals surface area (Å²) in [4.78, 5) is 28.2. The van der Waals surface area contributed by atoms with Crippen molar-refractivity contribution in [3.63, 3.8) is 0 Å². The molecule has 7 nitrogen and oxygen atoms in total. The van der Waals surface area contributed by atoms with E-state index in [1.807, 2.05) is 0 Å². The normalized spacial score (nSPS) is 15.2. The number of halogens is 2. The maximum absolute atomic E-state index is 13.6. The van der Waals surface area contributed by atoms with Gasteiger partial charge in [0.1, 0.15) is 12.6 Å². The minimum atomic E-state index is -3.83. The van der Waals surface area contributed by atoms with E-state index in [0.29, 0.717) is 15.6 Å². The highest BCUT2D eigenvalue weighted by Gasteiger charge is 2.31. The Kier molecular flexibility index (Phi) is 9.66. The zero-order valence-electron chi connectivity index (χ0n) is 20.8. The molecule has 2 aromatic carbocycles. The third-order valence-corrected chi connectivity index (χ3v) is 8.46. The maximum Gasteiger partial charge on any atom is 0.244 e. The van der Waals surface area contributed by atoms with Gasteiger partial charge in [0.15, 0.2) is 0 Å². The van der Waals surface area contributed by atoms with E-state index in [-0.39, 0.29) is 24.2 Å². The van der Waals surface area contributed by atoms with Gasteiger partial charge in [-0.1, -0.05) is 66.7 Å². The van der Waals surface area contributed by atoms with Gasteiger partial charge in [-0.25, -0.2) is 8.42 Å². The zero-order valence-corrected chi connectivity index (χ0v) is 23.2. The SMILES string of the molecule is Cc1ccc(N(CC(=O)N(Cc2ccccc2Cl)[C@H](C)C(=O)NC2CCCCC2)S(C)(=O)=O)cc1Cl. The van der Waals surface area contributed by atoms with E-state index in [1.165, 1.54) is 11.0 Å². The molecule has 3 rings (SSSR count). The summed E-state index contributed by atoms with van der Waals surface area (Å²) >= 11 is 12.6. The lowest BCUT2D eigenvalue weighted by molar-refractivity contribution is -0.139. The average molecular weight is 555 g/mol. The highest BCUT2D eigenvalue weighted by atomic mass is 35.5. The predicted molar refractivity (Wildman–Crippen MR) is 145 cm³/mol. The van der Waals surface area contributed by atoms with Crippen molar-refractivity contribution in [2.75, 3.05) is 17.1 Å². The van der Waals surface area contributed by atoms with E-state index in [2.05, 4.69) is 5.32 Å². The van der Waals surface area contributed by atoms with E-state index in [1.54, 1.807) is 50.2 Å². The number of carbonyl (C=O) groups is 2. The second-order valence-corrected chi connectivity index (χ2v) is 12.1. The maximum atomic E-state index is 13.6. The largest absolute Gasteiger partial charge is 0.352 e. The molecule has 0 saturated heterocycles. The Morgan fingerprint density at radius 2 is 1.72 bits per heavy atom. The molecule has 10 heteroatoms. The number of amides is 2. The summed E-state index contributed by atoms with van der Waals surface area (Å²) in [5, 5.41) is 3.92. The van der Waals surface area contributed by atoms with Crippen LogP contribution >= 0.6 is 23.2 Å². The highest BCUT2D eigenvalue weighted by Crippen LogP contribution is 2.26. The van der Waals surface area contributed by atoms with Crippen molar-refractivity contribution in [3.8, 4) is 0 Å². The van der Waals surface area contributed by atoms with Crippen LogP contribution in [0.2, 0.25) is 10.0 Å². The molecule has 0 aromatic heterocycles. The average Bonchev–Trinajstić information content (AvgIpc) is 2.83. The second-order valence-electron chi connectivity index (χ2n) is 9.34. The minimum absolute atomic E-state index is 0.0595. The molecule has 36 heavy (non-hydrogen) atoms. The zero-order chi connectivity index (χ0) is 26.5. The molecule has 1 atom stereocenters. The van der Waals surface area contributed by atoms with Crippen LogP contribution < -0.4 is 9.62 Å². The quantitative estimate of drug-likeness (QED) is 0.476. The van der Waals surface area contributed by atoms with Gasteiger partial charge in [-0.05, 0) is 56.0 Å². The van der Waals surface area contributed by atoms with Crippen molar-refractivity contribution in [2.24, 2.45) is 0 Å². The van der Waals surface area contributed by atoms with Crippen LogP contribution in [0.5, 0.6) is 0 Å². The van der Waals surface area contributed by atoms with Crippen LogP contribution in [0.15, 0.2) is 42.5 Å². The van der Waals surface area contributed by atoms with Crippen LogP contribution in [-0.2, 0) is 26.2 Å². The molecule has 0 spiro atoms. The Bertz CT molecular complexity index is 1200. The number of aryl methyl sites for hydroxylation is 1. The number of sulfonamides is 1. The summed E-state index contributed by atoms with van der Waals surface area (Å²) in [6, 6.07) is 11.1. The molecule has 196 valence electrons. The number of benzene rings is 2. The van der Waals surface area contributed by atoms with Gasteiger partial charge in [-0.15, -0.1) is 0 Å². The van der Waals surface area contributed by atoms with Gasteiger partial charge >= 0.3 is 0 Å². The Morgan fingerprint density at radius 3 is 2.33 bits per heavy atom. The summed E-state index contributed by atoms with van der Waals surface area (Å²) in [6.07, 6.45) is 6.13. The molecule has 0 bridgehead atoms. The van der Waals surface area contributed by atoms with E-state index in [9.17, 15) is 18.0 Å². The van der Waals surface area contributed by atoms with E-state index < -0.39 is 28.5 Å². The number of hydrogen-bond donors (Lipinski definition) is 1. The Labute approximate surface area is 223 Å². The second kappa shape index (κ2) is 12.3. The molecule has 1 fully saturated rings. The molecule has 0 heterocycles. The molecule has 0 radical (unpaired) electrons. The topological polar surface area (TPSA) is 86.8 Å². The molecule has 2 aromatic rings. The number of nitrogens with one attached hydrogen (secondary N) is 1. The van der Waals surface area contributed by atoms with Crippen molar-refractivity contribution in [1.82, 2.24) is 10.2 Å². The standard InChI is InChI=1S/C26H33Cl2N3O4S/c1-18-13-14-22(15-24(18)28)31(36(3,34)35)17-25(32)30(16-20-9-7-8-12-23(20)27)19(2)26(33)29-21-10-5-4-6-11-21/h7-9,12-15,19,21H,4-6,10-11,16-17H2,1-3H3,(H,29,33)/t19-/m1/s1. The summed E-state index contributed by atoms with van der Waals surface area (Å²) in [6.45, 7) is 3.04. The van der Waals surface area contributed by atoms with Gasteiger partial charge in [-0.2, -0.15) is 0 Å². The minimum Gasteiger partial charge on any atom is -0.352 e. The first-order valence-corrected chi connectivity index (χ1v) is 14.6. The van der Waals surface area contributed by atoms with E-state index in [4.69, 9.17) is 23.2 Å². The molecule has 1 aliphatic rings. The fourth-order valence-corrected chi connectivity index (χ4v) is 5.52. The number of nitrogens with zero attached hydrogens (tertiary/aromatic N) is 2. The summed E-state index contributed by atoms with van der Waals surface area (Å²) < 4.78 is 26.4. The third kappa shape index (κ3) is 7.37. The van der Waals surface area contributed by atoms with Gasteiger partial charge in [0.2, 0.25) is 21.8 Å². The first kappa shape index (κ1) is 28.3.